The van der Waals surface area contributed by atoms with Crippen molar-refractivity contribution in [1.82, 2.24) is 34.5 Å². The number of alkyl halides is 2. The number of imide groups is 1. The number of amides is 2. The maximum Gasteiger partial charge on any atom is 0.301 e. The van der Waals surface area contributed by atoms with Crippen molar-refractivity contribution in [3.8, 4) is 5.75 Å². The van der Waals surface area contributed by atoms with E-state index in [2.05, 4.69) is 41.7 Å². The van der Waals surface area contributed by atoms with E-state index in [9.17, 15) is 14.4 Å². The molecular weight excluding hydrogens is 820 g/mol. The smallest absolute Gasteiger partial charge is 0.301 e. The number of piperidine rings is 2. The van der Waals surface area contributed by atoms with Gasteiger partial charge in [0.1, 0.15) is 5.02 Å². The summed E-state index contributed by atoms with van der Waals surface area (Å²) in [6, 6.07) is 10.5. The predicted octanol–water partition coefficient (Wildman–Crippen LogP) is 5.78. The molecule has 0 spiro atoms. The number of carbonyl (C=O) groups is 2. The Bertz CT molecular complexity index is 2640. The van der Waals surface area contributed by atoms with Crippen LogP contribution >= 0.6 is 11.6 Å². The lowest BCUT2D eigenvalue weighted by molar-refractivity contribution is -0.134. The lowest BCUT2D eigenvalue weighted by Gasteiger charge is -2.36. The molecule has 0 bridgehead atoms. The molecule has 3 N–H and O–H groups in total. The molecule has 10 rings (SSSR count). The van der Waals surface area contributed by atoms with Crippen LogP contribution < -0.4 is 36.0 Å². The van der Waals surface area contributed by atoms with Gasteiger partial charge in [0, 0.05) is 76.2 Å². The van der Waals surface area contributed by atoms with Crippen LogP contribution in [0.1, 0.15) is 56.6 Å². The standard InChI is InChI=1S/C44H50ClF2N11O4/c1-54-32-11-9-27(21-30(32)36-38(42(54)61)62-24-44(46,47)39(51-36)26-7-8-26)49-40-31(45)22-48-43(52-40)58-16-4-15-56(19-20-58)23-25-13-17-57(18-14-25)33-6-3-5-28-35(53-55(2)37(28)33)29-10-12-34(59)50-41(29)60/h3,5-6,9,11,21-22,25-26,29,39,51H,4,7-8,10,12-20,23-24H2,1-2H3,(H,48,49,52)(H,50,59,60). The van der Waals surface area contributed by atoms with E-state index >= 15 is 8.78 Å². The van der Waals surface area contributed by atoms with E-state index < -0.39 is 30.0 Å². The minimum Gasteiger partial charge on any atom is -0.480 e. The average molecular weight is 870 g/mol. The van der Waals surface area contributed by atoms with Gasteiger partial charge in [0.05, 0.1) is 46.3 Å². The fraction of sp³-hybridized carbons (Fsp3) is 0.500. The summed E-state index contributed by atoms with van der Waals surface area (Å²) in [5.74, 6) is -2.82. The van der Waals surface area contributed by atoms with Crippen LogP contribution in [0.25, 0.3) is 21.8 Å². The highest BCUT2D eigenvalue weighted by atomic mass is 35.5. The van der Waals surface area contributed by atoms with Crippen LogP contribution in [-0.2, 0) is 23.7 Å². The molecular formula is C44H50ClF2N11O4. The molecule has 0 radical (unpaired) electrons. The zero-order chi connectivity index (χ0) is 42.9. The number of nitrogens with one attached hydrogen (secondary N) is 3. The van der Waals surface area contributed by atoms with Gasteiger partial charge >= 0.3 is 5.92 Å². The lowest BCUT2D eigenvalue weighted by Crippen LogP contribution is -2.44. The molecule has 2 atom stereocenters. The molecule has 15 nitrogen and oxygen atoms in total. The van der Waals surface area contributed by atoms with Crippen molar-refractivity contribution < 1.29 is 23.1 Å². The molecule has 1 saturated carbocycles. The van der Waals surface area contributed by atoms with Gasteiger partial charge in [-0.1, -0.05) is 23.7 Å². The second-order valence-corrected chi connectivity index (χ2v) is 18.0. The maximum atomic E-state index is 15.2. The van der Waals surface area contributed by atoms with Gasteiger partial charge in [-0.2, -0.15) is 10.1 Å². The first-order valence-corrected chi connectivity index (χ1v) is 22.0. The number of para-hydroxylation sites is 1. The molecule has 4 aliphatic heterocycles. The first-order valence-electron chi connectivity index (χ1n) is 21.7. The van der Waals surface area contributed by atoms with E-state index in [1.54, 1.807) is 19.3 Å². The zero-order valence-electron chi connectivity index (χ0n) is 34.8. The van der Waals surface area contributed by atoms with Crippen LogP contribution in [0, 0.1) is 11.8 Å². The van der Waals surface area contributed by atoms with Crippen molar-refractivity contribution in [2.45, 2.75) is 62.8 Å². The lowest BCUT2D eigenvalue weighted by atomic mass is 9.92. The number of hydrogen-bond donors (Lipinski definition) is 3. The largest absolute Gasteiger partial charge is 0.480 e. The van der Waals surface area contributed by atoms with Gasteiger partial charge in [0.2, 0.25) is 23.5 Å². The SMILES string of the molecule is Cn1nc(C2CCC(=O)NC2=O)c2cccc(N3CCC(CN4CCCN(c5ncc(Cl)c(Nc6ccc7c(c6)c6c(c(=O)n7C)OCC(F)(F)C(C7CC7)N6)n5)CC4)CC3)c21. The summed E-state index contributed by atoms with van der Waals surface area (Å²) in [6.07, 6.45) is 6.87. The Balaban J connectivity index is 0.789. The molecule has 4 fully saturated rings. The Kier molecular flexibility index (Phi) is 10.4. The number of halogens is 3. The number of benzene rings is 2. The summed E-state index contributed by atoms with van der Waals surface area (Å²) in [5.41, 5.74) is 3.87. The molecule has 18 heteroatoms. The van der Waals surface area contributed by atoms with Gasteiger partial charge in [0.25, 0.3) is 5.56 Å². The topological polar surface area (TPSA) is 155 Å². The summed E-state index contributed by atoms with van der Waals surface area (Å²) in [5, 5.41) is 15.5. The molecule has 7 heterocycles. The molecule has 2 unspecified atom stereocenters. The Morgan fingerprint density at radius 3 is 2.56 bits per heavy atom. The van der Waals surface area contributed by atoms with E-state index in [4.69, 9.17) is 26.4 Å². The van der Waals surface area contributed by atoms with E-state index in [0.29, 0.717) is 65.0 Å². The van der Waals surface area contributed by atoms with Crippen molar-refractivity contribution in [2.75, 3.05) is 72.9 Å². The maximum absolute atomic E-state index is 15.2. The molecule has 326 valence electrons. The number of aromatic nitrogens is 5. The van der Waals surface area contributed by atoms with Crippen LogP contribution in [0.2, 0.25) is 5.02 Å². The number of anilines is 5. The van der Waals surface area contributed by atoms with Gasteiger partial charge < -0.3 is 34.6 Å². The number of aryl methyl sites for hydroxylation is 2. The number of ether oxygens (including phenoxy) is 1. The average Bonchev–Trinajstić information content (AvgIpc) is 4.09. The van der Waals surface area contributed by atoms with Crippen LogP contribution in [-0.4, -0.2) is 105 Å². The van der Waals surface area contributed by atoms with Gasteiger partial charge in [-0.05, 0) is 81.2 Å². The van der Waals surface area contributed by atoms with Crippen LogP contribution in [0.15, 0.2) is 47.4 Å². The van der Waals surface area contributed by atoms with Gasteiger partial charge in [-0.15, -0.1) is 0 Å². The van der Waals surface area contributed by atoms with Crippen molar-refractivity contribution in [1.29, 1.82) is 0 Å². The molecule has 3 aromatic heterocycles. The second-order valence-electron chi connectivity index (χ2n) is 17.6. The third kappa shape index (κ3) is 7.56. The Morgan fingerprint density at radius 2 is 1.77 bits per heavy atom. The normalized spacial score (nSPS) is 22.5. The summed E-state index contributed by atoms with van der Waals surface area (Å²) in [7, 11) is 3.54. The predicted molar refractivity (Wildman–Crippen MR) is 234 cm³/mol. The quantitative estimate of drug-likeness (QED) is 0.162. The van der Waals surface area contributed by atoms with Crippen molar-refractivity contribution in [3.63, 3.8) is 0 Å². The first-order chi connectivity index (χ1) is 29.9. The third-order valence-electron chi connectivity index (χ3n) is 13.4. The van der Waals surface area contributed by atoms with Crippen molar-refractivity contribution in [2.24, 2.45) is 25.9 Å². The Labute approximate surface area is 361 Å². The summed E-state index contributed by atoms with van der Waals surface area (Å²) in [6.45, 7) is 5.41. The number of hydrogen-bond acceptors (Lipinski definition) is 12. The molecule has 2 amide bonds. The van der Waals surface area contributed by atoms with Crippen molar-refractivity contribution in [3.05, 3.63) is 63.7 Å². The number of fused-ring (bicyclic) bond motifs is 4. The van der Waals surface area contributed by atoms with Crippen LogP contribution in [0.3, 0.4) is 0 Å². The van der Waals surface area contributed by atoms with E-state index in [1.807, 2.05) is 36.0 Å². The zero-order valence-corrected chi connectivity index (χ0v) is 35.6. The molecule has 5 aromatic rings. The number of carbonyl (C=O) groups excluding carboxylic acids is 2. The van der Waals surface area contributed by atoms with Gasteiger partial charge in [-0.3, -0.25) is 24.4 Å². The van der Waals surface area contributed by atoms with Crippen molar-refractivity contribution >= 4 is 74.0 Å². The summed E-state index contributed by atoms with van der Waals surface area (Å²) < 4.78 is 39.2. The number of rotatable bonds is 8. The highest BCUT2D eigenvalue weighted by Crippen LogP contribution is 2.46. The minimum atomic E-state index is -3.13. The number of pyridine rings is 1. The fourth-order valence-electron chi connectivity index (χ4n) is 9.91. The molecule has 3 saturated heterocycles. The molecule has 1 aliphatic carbocycles. The molecule has 62 heavy (non-hydrogen) atoms. The molecule has 5 aliphatic rings. The van der Waals surface area contributed by atoms with Crippen LogP contribution in [0.5, 0.6) is 5.75 Å². The van der Waals surface area contributed by atoms with E-state index in [-0.39, 0.29) is 29.2 Å². The van der Waals surface area contributed by atoms with E-state index in [0.717, 1.165) is 87.4 Å². The highest BCUT2D eigenvalue weighted by Gasteiger charge is 2.51. The van der Waals surface area contributed by atoms with Gasteiger partial charge in [-0.25, -0.2) is 13.8 Å². The summed E-state index contributed by atoms with van der Waals surface area (Å²) in [4.78, 5) is 54.5. The summed E-state index contributed by atoms with van der Waals surface area (Å²) >= 11 is 6.66. The first kappa shape index (κ1) is 40.5. The Hall–Kier alpha value is -5.55. The third-order valence-corrected chi connectivity index (χ3v) is 13.7. The monoisotopic (exact) mass is 869 g/mol. The fourth-order valence-corrected chi connectivity index (χ4v) is 10.0. The van der Waals surface area contributed by atoms with Crippen LogP contribution in [0.4, 0.5) is 37.6 Å². The number of nitrogens with zero attached hydrogens (tertiary/aromatic N) is 8. The van der Waals surface area contributed by atoms with E-state index in [1.165, 1.54) is 4.57 Å². The minimum absolute atomic E-state index is 0.106. The molecule has 2 aromatic carbocycles. The van der Waals surface area contributed by atoms with Gasteiger partial charge in [0.15, 0.2) is 12.4 Å². The highest BCUT2D eigenvalue weighted by molar-refractivity contribution is 6.33. The Morgan fingerprint density at radius 1 is 0.952 bits per heavy atom. The second kappa shape index (κ2) is 16.0.